The van der Waals surface area contributed by atoms with Crippen molar-refractivity contribution in [3.63, 3.8) is 0 Å². The average molecular weight is 871 g/mol. The molecule has 13 rings (SSSR count). The fraction of sp³-hybridized carbons (Fsp3) is 0.0317. The molecule has 12 aromatic rings. The summed E-state index contributed by atoms with van der Waals surface area (Å²) in [6.45, 7) is 0. The van der Waals surface area contributed by atoms with Crippen molar-refractivity contribution in [2.24, 2.45) is 0 Å². The molecule has 3 aromatic heterocycles. The van der Waals surface area contributed by atoms with Crippen LogP contribution in [0.15, 0.2) is 241 Å². The van der Waals surface area contributed by atoms with Crippen molar-refractivity contribution >= 4 is 49.3 Å². The van der Waals surface area contributed by atoms with E-state index in [0.717, 1.165) is 95.0 Å². The molecule has 0 N–H and O–H groups in total. The monoisotopic (exact) mass is 870 g/mol. The predicted octanol–water partition coefficient (Wildman–Crippen LogP) is 16.3. The molecule has 1 aliphatic carbocycles. The van der Waals surface area contributed by atoms with E-state index in [-0.39, 0.29) is 5.92 Å². The van der Waals surface area contributed by atoms with Gasteiger partial charge in [-0.25, -0.2) is 15.0 Å². The van der Waals surface area contributed by atoms with Crippen LogP contribution in [0.1, 0.15) is 23.5 Å². The molecule has 3 heterocycles. The molecular formula is C63H42N4O. The van der Waals surface area contributed by atoms with E-state index in [1.165, 1.54) is 16.5 Å². The molecule has 0 radical (unpaired) electrons. The van der Waals surface area contributed by atoms with Gasteiger partial charge in [-0.3, -0.25) is 0 Å². The largest absolute Gasteiger partial charge is 0.456 e. The maximum absolute atomic E-state index is 6.63. The van der Waals surface area contributed by atoms with Gasteiger partial charge in [0.1, 0.15) is 11.2 Å². The van der Waals surface area contributed by atoms with Crippen molar-refractivity contribution < 1.29 is 4.42 Å². The summed E-state index contributed by atoms with van der Waals surface area (Å²) in [7, 11) is 0. The molecule has 1 atom stereocenters. The maximum atomic E-state index is 6.63. The Morgan fingerprint density at radius 2 is 0.971 bits per heavy atom. The molecule has 5 nitrogen and oxygen atoms in total. The van der Waals surface area contributed by atoms with E-state index in [2.05, 4.69) is 199 Å². The zero-order valence-electron chi connectivity index (χ0n) is 37.0. The van der Waals surface area contributed by atoms with Crippen LogP contribution in [-0.2, 0) is 0 Å². The highest BCUT2D eigenvalue weighted by molar-refractivity contribution is 6.25. The van der Waals surface area contributed by atoms with Gasteiger partial charge in [0.2, 0.25) is 0 Å². The number of allylic oxidation sites excluding steroid dienone is 4. The SMILES string of the molecule is C1=CC(c2ccccc2)CC=C1c1cc(-c2nc(-c3ccccc3)nc(-c3ccccc3)n2)cc(-c2ccc(-c3ccccc3)cc2)c1-n1c2ccccc2c2ccc3oc4ccccc4c3c21. The number of aromatic nitrogens is 4. The number of rotatable bonds is 8. The first-order chi connectivity index (χ1) is 33.7. The van der Waals surface area contributed by atoms with E-state index >= 15 is 0 Å². The summed E-state index contributed by atoms with van der Waals surface area (Å²) in [5, 5.41) is 4.50. The quantitative estimate of drug-likeness (QED) is 0.153. The van der Waals surface area contributed by atoms with Crippen molar-refractivity contribution in [1.29, 1.82) is 0 Å². The zero-order valence-corrected chi connectivity index (χ0v) is 37.0. The summed E-state index contributed by atoms with van der Waals surface area (Å²) in [5.41, 5.74) is 15.7. The minimum atomic E-state index is 0.257. The summed E-state index contributed by atoms with van der Waals surface area (Å²) >= 11 is 0. The van der Waals surface area contributed by atoms with Gasteiger partial charge in [-0.2, -0.15) is 0 Å². The van der Waals surface area contributed by atoms with E-state index in [0.29, 0.717) is 17.5 Å². The van der Waals surface area contributed by atoms with E-state index in [1.54, 1.807) is 0 Å². The van der Waals surface area contributed by atoms with Crippen LogP contribution in [0.2, 0.25) is 0 Å². The van der Waals surface area contributed by atoms with Crippen LogP contribution in [0.3, 0.4) is 0 Å². The van der Waals surface area contributed by atoms with Crippen LogP contribution in [0.5, 0.6) is 0 Å². The molecule has 0 amide bonds. The van der Waals surface area contributed by atoms with E-state index in [9.17, 15) is 0 Å². The molecule has 0 saturated carbocycles. The highest BCUT2D eigenvalue weighted by Gasteiger charge is 2.26. The second kappa shape index (κ2) is 16.5. The third-order valence-corrected chi connectivity index (χ3v) is 13.4. The fourth-order valence-corrected chi connectivity index (χ4v) is 10.1. The lowest BCUT2D eigenvalue weighted by molar-refractivity contribution is 0.669. The smallest absolute Gasteiger partial charge is 0.164 e. The van der Waals surface area contributed by atoms with E-state index < -0.39 is 0 Å². The predicted molar refractivity (Wildman–Crippen MR) is 280 cm³/mol. The standard InChI is InChI=1S/C63H42N4O/c1-5-17-41(18-6-1)43-29-33-45(34-30-43)53-39-49(63-65-61(47-21-9-3-10-22-47)64-62(66-63)48-23-11-4-12-24-48)40-54(46-35-31-44(32-36-46)42-19-7-2-8-20-42)59(53)67-55-27-15-13-25-50(55)51-37-38-57-58(60(51)67)52-26-14-16-28-56(52)68-57/h1-31,33-40,44H,32H2. The molecule has 320 valence electrons. The van der Waals surface area contributed by atoms with Gasteiger partial charge in [-0.15, -0.1) is 0 Å². The second-order valence-corrected chi connectivity index (χ2v) is 17.5. The Morgan fingerprint density at radius 3 is 1.63 bits per heavy atom. The minimum Gasteiger partial charge on any atom is -0.456 e. The first-order valence-corrected chi connectivity index (χ1v) is 23.2. The Hall–Kier alpha value is -8.93. The van der Waals surface area contributed by atoms with E-state index in [4.69, 9.17) is 19.4 Å². The van der Waals surface area contributed by atoms with Gasteiger partial charge in [0.25, 0.3) is 0 Å². The molecule has 0 fully saturated rings. The maximum Gasteiger partial charge on any atom is 0.164 e. The van der Waals surface area contributed by atoms with Crippen molar-refractivity contribution in [3.8, 4) is 62.1 Å². The number of hydrogen-bond donors (Lipinski definition) is 0. The Morgan fingerprint density at radius 1 is 0.426 bits per heavy atom. The minimum absolute atomic E-state index is 0.257. The normalized spacial score (nSPS) is 13.7. The van der Waals surface area contributed by atoms with Gasteiger partial charge < -0.3 is 8.98 Å². The third-order valence-electron chi connectivity index (χ3n) is 13.4. The molecular weight excluding hydrogens is 829 g/mol. The van der Waals surface area contributed by atoms with Gasteiger partial charge in [-0.1, -0.05) is 200 Å². The summed E-state index contributed by atoms with van der Waals surface area (Å²) in [4.78, 5) is 15.7. The molecule has 0 aliphatic heterocycles. The Kier molecular flexibility index (Phi) is 9.57. The third kappa shape index (κ3) is 6.83. The van der Waals surface area contributed by atoms with Gasteiger partial charge in [0.15, 0.2) is 17.5 Å². The van der Waals surface area contributed by atoms with E-state index in [1.807, 2.05) is 42.5 Å². The molecule has 1 aliphatic rings. The molecule has 0 bridgehead atoms. The van der Waals surface area contributed by atoms with Crippen molar-refractivity contribution in [2.45, 2.75) is 12.3 Å². The summed E-state index contributed by atoms with van der Waals surface area (Å²) < 4.78 is 9.14. The van der Waals surface area contributed by atoms with Crippen LogP contribution < -0.4 is 0 Å². The van der Waals surface area contributed by atoms with Crippen molar-refractivity contribution in [3.05, 3.63) is 248 Å². The summed E-state index contributed by atoms with van der Waals surface area (Å²) in [5.74, 6) is 2.09. The molecule has 0 saturated heterocycles. The lowest BCUT2D eigenvalue weighted by Crippen LogP contribution is -2.06. The van der Waals surface area contributed by atoms with Crippen LogP contribution in [0.25, 0.3) is 111 Å². The molecule has 9 aromatic carbocycles. The highest BCUT2D eigenvalue weighted by atomic mass is 16.3. The van der Waals surface area contributed by atoms with Gasteiger partial charge >= 0.3 is 0 Å². The van der Waals surface area contributed by atoms with Gasteiger partial charge in [-0.05, 0) is 70.6 Å². The van der Waals surface area contributed by atoms with Crippen molar-refractivity contribution in [1.82, 2.24) is 19.5 Å². The summed E-state index contributed by atoms with van der Waals surface area (Å²) in [6, 6.07) is 76.9. The first-order valence-electron chi connectivity index (χ1n) is 23.2. The fourth-order valence-electron chi connectivity index (χ4n) is 10.1. The number of fused-ring (bicyclic) bond motifs is 7. The Labute approximate surface area is 393 Å². The number of nitrogens with zero attached hydrogens (tertiary/aromatic N) is 4. The molecule has 0 spiro atoms. The van der Waals surface area contributed by atoms with Crippen LogP contribution in [-0.4, -0.2) is 19.5 Å². The number of hydrogen-bond acceptors (Lipinski definition) is 4. The molecule has 1 unspecified atom stereocenters. The molecule has 68 heavy (non-hydrogen) atoms. The van der Waals surface area contributed by atoms with Gasteiger partial charge in [0, 0.05) is 49.9 Å². The van der Waals surface area contributed by atoms with Crippen LogP contribution in [0, 0.1) is 0 Å². The average Bonchev–Trinajstić information content (AvgIpc) is 3.97. The second-order valence-electron chi connectivity index (χ2n) is 17.5. The van der Waals surface area contributed by atoms with Gasteiger partial charge in [0.05, 0.1) is 22.1 Å². The lowest BCUT2D eigenvalue weighted by Gasteiger charge is -2.24. The van der Waals surface area contributed by atoms with Crippen molar-refractivity contribution in [2.75, 3.05) is 0 Å². The number of para-hydroxylation sites is 2. The Balaban J connectivity index is 1.15. The number of furan rings is 1. The highest BCUT2D eigenvalue weighted by Crippen LogP contribution is 2.47. The topological polar surface area (TPSA) is 56.7 Å². The first kappa shape index (κ1) is 39.4. The van der Waals surface area contributed by atoms with Crippen LogP contribution in [0.4, 0.5) is 0 Å². The lowest BCUT2D eigenvalue weighted by atomic mass is 9.85. The Bertz CT molecular complexity index is 3850. The zero-order chi connectivity index (χ0) is 45.0. The number of benzene rings is 9. The molecule has 5 heteroatoms. The van der Waals surface area contributed by atoms with Crippen LogP contribution >= 0.6 is 0 Å². The summed E-state index contributed by atoms with van der Waals surface area (Å²) in [6.07, 6.45) is 7.96.